The molecule has 1 heterocycles. The summed E-state index contributed by atoms with van der Waals surface area (Å²) in [4.78, 5) is 8.05. The fourth-order valence-corrected chi connectivity index (χ4v) is 1.64. The number of rotatable bonds is 1. The minimum absolute atomic E-state index is 0.141. The van der Waals surface area contributed by atoms with Crippen LogP contribution in [0.15, 0.2) is 24.3 Å². The zero-order valence-corrected chi connectivity index (χ0v) is 9.81. The van der Waals surface area contributed by atoms with E-state index in [0.29, 0.717) is 17.0 Å². The smallest absolute Gasteiger partial charge is 0.221 e. The van der Waals surface area contributed by atoms with Crippen LogP contribution in [-0.4, -0.2) is 9.97 Å². The Hall–Kier alpha value is -2.85. The van der Waals surface area contributed by atoms with Gasteiger partial charge in [0.25, 0.3) is 0 Å². The molecular weight excluding hydrogens is 224 g/mol. The average molecular weight is 234 g/mol. The van der Waals surface area contributed by atoms with Gasteiger partial charge in [0.1, 0.15) is 5.69 Å². The number of aryl methyl sites for hydroxylation is 1. The normalized spacial score (nSPS) is 9.50. The number of nitrogen functional groups attached to an aromatic ring is 1. The van der Waals surface area contributed by atoms with E-state index in [2.05, 4.69) is 22.0 Å². The molecule has 0 aliphatic carbocycles. The van der Waals surface area contributed by atoms with Gasteiger partial charge in [0.15, 0.2) is 0 Å². The molecule has 2 aromatic rings. The first-order valence-electron chi connectivity index (χ1n) is 5.26. The monoisotopic (exact) mass is 234 g/mol. The molecule has 86 valence electrons. The molecule has 0 aliphatic heterocycles. The third-order valence-electron chi connectivity index (χ3n) is 2.53. The van der Waals surface area contributed by atoms with Crippen LogP contribution < -0.4 is 5.73 Å². The highest BCUT2D eigenvalue weighted by molar-refractivity contribution is 5.64. The number of hydrogen-bond donors (Lipinski definition) is 1. The molecule has 0 fully saturated rings. The topological polar surface area (TPSA) is 75.6 Å². The van der Waals surface area contributed by atoms with Gasteiger partial charge in [-0.2, -0.15) is 5.26 Å². The summed E-state index contributed by atoms with van der Waals surface area (Å²) in [7, 11) is 0. The minimum Gasteiger partial charge on any atom is -0.368 e. The van der Waals surface area contributed by atoms with E-state index >= 15 is 0 Å². The minimum atomic E-state index is 0.141. The summed E-state index contributed by atoms with van der Waals surface area (Å²) in [6, 6.07) is 9.25. The number of anilines is 1. The molecule has 0 aliphatic rings. The molecule has 0 amide bonds. The van der Waals surface area contributed by atoms with Crippen molar-refractivity contribution >= 4 is 5.95 Å². The highest BCUT2D eigenvalue weighted by Gasteiger charge is 2.06. The number of nitrogens with zero attached hydrogens (tertiary/aromatic N) is 3. The molecule has 1 aromatic carbocycles. The van der Waals surface area contributed by atoms with E-state index in [9.17, 15) is 0 Å². The van der Waals surface area contributed by atoms with Crippen LogP contribution >= 0.6 is 0 Å². The molecule has 2 rings (SSSR count). The van der Waals surface area contributed by atoms with Gasteiger partial charge in [0, 0.05) is 5.56 Å². The number of benzene rings is 1. The lowest BCUT2D eigenvalue weighted by atomic mass is 10.0. The molecule has 0 atom stereocenters. The Labute approximate surface area is 105 Å². The standard InChI is InChI=1S/C14H10N4/c1-3-12-7-13(18-14(16)17-12)10-4-5-11(8-15)9(2)6-10/h1,4-7H,2H3,(H2,16,17,18). The number of terminal acetylenes is 1. The summed E-state index contributed by atoms with van der Waals surface area (Å²) in [5.41, 5.74) is 9.08. The van der Waals surface area contributed by atoms with E-state index in [0.717, 1.165) is 11.1 Å². The van der Waals surface area contributed by atoms with Crippen molar-refractivity contribution < 1.29 is 0 Å². The fraction of sp³-hybridized carbons (Fsp3) is 0.0714. The van der Waals surface area contributed by atoms with Gasteiger partial charge in [0.05, 0.1) is 17.3 Å². The van der Waals surface area contributed by atoms with E-state index < -0.39 is 0 Å². The molecule has 0 unspecified atom stereocenters. The van der Waals surface area contributed by atoms with Gasteiger partial charge < -0.3 is 5.73 Å². The van der Waals surface area contributed by atoms with Crippen LogP contribution in [0.25, 0.3) is 11.3 Å². The maximum Gasteiger partial charge on any atom is 0.221 e. The number of aromatic nitrogens is 2. The Bertz CT molecular complexity index is 690. The van der Waals surface area contributed by atoms with Crippen LogP contribution in [0.4, 0.5) is 5.95 Å². The first-order valence-corrected chi connectivity index (χ1v) is 5.26. The summed E-state index contributed by atoms with van der Waals surface area (Å²) in [5.74, 6) is 2.57. The molecule has 0 bridgehead atoms. The van der Waals surface area contributed by atoms with E-state index in [4.69, 9.17) is 17.4 Å². The summed E-state index contributed by atoms with van der Waals surface area (Å²) in [6.07, 6.45) is 5.30. The second-order valence-electron chi connectivity index (χ2n) is 3.78. The van der Waals surface area contributed by atoms with Crippen molar-refractivity contribution in [1.29, 1.82) is 5.26 Å². The predicted octanol–water partition coefficient (Wildman–Crippen LogP) is 1.89. The Balaban J connectivity index is 2.56. The van der Waals surface area contributed by atoms with Crippen LogP contribution in [0.2, 0.25) is 0 Å². The van der Waals surface area contributed by atoms with Gasteiger partial charge in [0.2, 0.25) is 5.95 Å². The van der Waals surface area contributed by atoms with Crippen molar-refractivity contribution in [3.05, 3.63) is 41.1 Å². The number of hydrogen-bond acceptors (Lipinski definition) is 4. The van der Waals surface area contributed by atoms with Crippen LogP contribution in [0.5, 0.6) is 0 Å². The Morgan fingerprint density at radius 2 is 2.06 bits per heavy atom. The van der Waals surface area contributed by atoms with E-state index in [1.54, 1.807) is 12.1 Å². The quantitative estimate of drug-likeness (QED) is 0.764. The van der Waals surface area contributed by atoms with Gasteiger partial charge in [-0.3, -0.25) is 0 Å². The largest absolute Gasteiger partial charge is 0.368 e. The number of nitriles is 1. The second-order valence-corrected chi connectivity index (χ2v) is 3.78. The van der Waals surface area contributed by atoms with Crippen molar-refractivity contribution in [2.24, 2.45) is 0 Å². The van der Waals surface area contributed by atoms with Gasteiger partial charge in [-0.1, -0.05) is 12.0 Å². The zero-order valence-electron chi connectivity index (χ0n) is 9.81. The Kier molecular flexibility index (Phi) is 2.95. The molecule has 0 radical (unpaired) electrons. The van der Waals surface area contributed by atoms with Gasteiger partial charge in [-0.15, -0.1) is 6.42 Å². The second kappa shape index (κ2) is 4.57. The van der Waals surface area contributed by atoms with E-state index in [-0.39, 0.29) is 5.95 Å². The van der Waals surface area contributed by atoms with Crippen molar-refractivity contribution in [3.63, 3.8) is 0 Å². The summed E-state index contributed by atoms with van der Waals surface area (Å²) in [5, 5.41) is 8.88. The molecule has 0 saturated carbocycles. The van der Waals surface area contributed by atoms with Crippen molar-refractivity contribution in [2.45, 2.75) is 6.92 Å². The Morgan fingerprint density at radius 1 is 1.28 bits per heavy atom. The maximum atomic E-state index is 8.88. The highest BCUT2D eigenvalue weighted by Crippen LogP contribution is 2.21. The molecular formula is C14H10N4. The maximum absolute atomic E-state index is 8.88. The SMILES string of the molecule is C#Cc1cc(-c2ccc(C#N)c(C)c2)nc(N)n1. The predicted molar refractivity (Wildman–Crippen MR) is 69.3 cm³/mol. The van der Waals surface area contributed by atoms with Crippen LogP contribution in [-0.2, 0) is 0 Å². The summed E-state index contributed by atoms with van der Waals surface area (Å²) < 4.78 is 0. The third-order valence-corrected chi connectivity index (χ3v) is 2.53. The van der Waals surface area contributed by atoms with Crippen molar-refractivity contribution in [2.75, 3.05) is 5.73 Å². The third kappa shape index (κ3) is 2.14. The molecule has 18 heavy (non-hydrogen) atoms. The van der Waals surface area contributed by atoms with Gasteiger partial charge in [-0.05, 0) is 30.7 Å². The Morgan fingerprint density at radius 3 is 2.67 bits per heavy atom. The molecule has 4 nitrogen and oxygen atoms in total. The van der Waals surface area contributed by atoms with Crippen LogP contribution in [0.1, 0.15) is 16.8 Å². The van der Waals surface area contributed by atoms with Crippen molar-refractivity contribution in [3.8, 4) is 29.7 Å². The van der Waals surface area contributed by atoms with E-state index in [1.807, 2.05) is 19.1 Å². The first-order chi connectivity index (χ1) is 8.63. The van der Waals surface area contributed by atoms with Gasteiger partial charge in [-0.25, -0.2) is 9.97 Å². The van der Waals surface area contributed by atoms with Gasteiger partial charge >= 0.3 is 0 Å². The highest BCUT2D eigenvalue weighted by atomic mass is 15.0. The fourth-order valence-electron chi connectivity index (χ4n) is 1.64. The zero-order chi connectivity index (χ0) is 13.1. The first kappa shape index (κ1) is 11.6. The van der Waals surface area contributed by atoms with E-state index in [1.165, 1.54) is 0 Å². The van der Waals surface area contributed by atoms with Crippen molar-refractivity contribution in [1.82, 2.24) is 9.97 Å². The summed E-state index contributed by atoms with van der Waals surface area (Å²) in [6.45, 7) is 1.87. The molecule has 0 spiro atoms. The molecule has 4 heteroatoms. The lowest BCUT2D eigenvalue weighted by molar-refractivity contribution is 1.17. The van der Waals surface area contributed by atoms with Crippen LogP contribution in [0, 0.1) is 30.6 Å². The molecule has 2 N–H and O–H groups in total. The van der Waals surface area contributed by atoms with Crippen LogP contribution in [0.3, 0.4) is 0 Å². The lowest BCUT2D eigenvalue weighted by Crippen LogP contribution is -1.99. The summed E-state index contributed by atoms with van der Waals surface area (Å²) >= 11 is 0. The average Bonchev–Trinajstić information content (AvgIpc) is 2.37. The molecule has 0 saturated heterocycles. The molecule has 1 aromatic heterocycles. The lowest BCUT2D eigenvalue weighted by Gasteiger charge is -2.05. The number of nitrogens with two attached hydrogens (primary N) is 1.